The van der Waals surface area contributed by atoms with Crippen LogP contribution >= 0.6 is 0 Å². The van der Waals surface area contributed by atoms with E-state index in [1.165, 1.54) is 19.2 Å². The summed E-state index contributed by atoms with van der Waals surface area (Å²) >= 11 is 0. The standard InChI is InChI=1S/C24H15F3N4O4/c1-34-22-11-14(10-15(13-28)23-29-17-4-2-3-5-18(17)30-23)6-8-21(22)35-20-9-7-16(24(25,26)27)12-19(20)31(32)33/h2-12H,1H3,(H,29,30)/b15-10-. The first kappa shape index (κ1) is 23.3. The van der Waals surface area contributed by atoms with Crippen LogP contribution in [-0.2, 0) is 6.18 Å². The Morgan fingerprint density at radius 1 is 1.11 bits per heavy atom. The number of allylic oxidation sites excluding steroid dienone is 1. The van der Waals surface area contributed by atoms with Crippen molar-refractivity contribution in [2.45, 2.75) is 6.18 Å². The molecule has 0 atom stereocenters. The fourth-order valence-electron chi connectivity index (χ4n) is 3.30. The number of ether oxygens (including phenoxy) is 2. The Morgan fingerprint density at radius 2 is 1.86 bits per heavy atom. The van der Waals surface area contributed by atoms with Gasteiger partial charge in [0.15, 0.2) is 11.5 Å². The molecule has 176 valence electrons. The molecule has 1 N–H and O–H groups in total. The number of fused-ring (bicyclic) bond motifs is 1. The summed E-state index contributed by atoms with van der Waals surface area (Å²) in [5, 5.41) is 21.0. The molecule has 0 amide bonds. The van der Waals surface area contributed by atoms with E-state index in [1.54, 1.807) is 18.2 Å². The van der Waals surface area contributed by atoms with E-state index in [9.17, 15) is 28.5 Å². The highest BCUT2D eigenvalue weighted by atomic mass is 19.4. The number of rotatable bonds is 6. The number of H-pyrrole nitrogens is 1. The molecule has 0 fully saturated rings. The Morgan fingerprint density at radius 3 is 2.51 bits per heavy atom. The van der Waals surface area contributed by atoms with Gasteiger partial charge in [0.1, 0.15) is 11.9 Å². The number of benzene rings is 3. The molecule has 0 spiro atoms. The molecule has 35 heavy (non-hydrogen) atoms. The third kappa shape index (κ3) is 4.91. The summed E-state index contributed by atoms with van der Waals surface area (Å²) in [5.74, 6) is 0.169. The predicted octanol–water partition coefficient (Wildman–Crippen LogP) is 6.35. The van der Waals surface area contributed by atoms with Crippen LogP contribution in [0.4, 0.5) is 18.9 Å². The van der Waals surface area contributed by atoms with Gasteiger partial charge in [0.05, 0.1) is 34.2 Å². The molecule has 0 aliphatic carbocycles. The fraction of sp³-hybridized carbons (Fsp3) is 0.0833. The van der Waals surface area contributed by atoms with Crippen molar-refractivity contribution in [2.75, 3.05) is 7.11 Å². The van der Waals surface area contributed by atoms with Crippen LogP contribution in [0.2, 0.25) is 0 Å². The van der Waals surface area contributed by atoms with Crippen LogP contribution in [0.15, 0.2) is 60.7 Å². The minimum Gasteiger partial charge on any atom is -0.493 e. The second-order valence-electron chi connectivity index (χ2n) is 7.22. The first-order valence-corrected chi connectivity index (χ1v) is 9.98. The van der Waals surface area contributed by atoms with E-state index in [1.807, 2.05) is 18.2 Å². The molecule has 0 bridgehead atoms. The Hall–Kier alpha value is -4.85. The lowest BCUT2D eigenvalue weighted by Crippen LogP contribution is -2.06. The third-order valence-corrected chi connectivity index (χ3v) is 4.97. The summed E-state index contributed by atoms with van der Waals surface area (Å²) < 4.78 is 49.7. The van der Waals surface area contributed by atoms with Gasteiger partial charge < -0.3 is 14.5 Å². The molecule has 4 aromatic rings. The highest BCUT2D eigenvalue weighted by Crippen LogP contribution is 2.40. The zero-order chi connectivity index (χ0) is 25.2. The highest BCUT2D eigenvalue weighted by Gasteiger charge is 2.33. The number of hydrogen-bond acceptors (Lipinski definition) is 6. The smallest absolute Gasteiger partial charge is 0.416 e. The number of nitro benzene ring substituents is 1. The number of aromatic amines is 1. The zero-order valence-electron chi connectivity index (χ0n) is 18.0. The van der Waals surface area contributed by atoms with Crippen LogP contribution in [0.25, 0.3) is 22.7 Å². The Balaban J connectivity index is 1.67. The van der Waals surface area contributed by atoms with Crippen molar-refractivity contribution in [3.05, 3.63) is 87.7 Å². The SMILES string of the molecule is COc1cc(/C=C(/C#N)c2nc3ccccc3[nH]2)ccc1Oc1ccc(C(F)(F)F)cc1[N+](=O)[O-]. The van der Waals surface area contributed by atoms with Gasteiger partial charge in [0, 0.05) is 6.07 Å². The maximum atomic E-state index is 13.0. The molecule has 0 saturated heterocycles. The van der Waals surface area contributed by atoms with Gasteiger partial charge in [-0.15, -0.1) is 0 Å². The van der Waals surface area contributed by atoms with Gasteiger partial charge >= 0.3 is 11.9 Å². The van der Waals surface area contributed by atoms with E-state index in [0.29, 0.717) is 29.0 Å². The molecular formula is C24H15F3N4O4. The van der Waals surface area contributed by atoms with Crippen LogP contribution in [0, 0.1) is 21.4 Å². The first-order valence-electron chi connectivity index (χ1n) is 9.98. The summed E-state index contributed by atoms with van der Waals surface area (Å²) in [6.45, 7) is 0. The molecule has 11 heteroatoms. The molecule has 0 aliphatic rings. The van der Waals surface area contributed by atoms with Crippen LogP contribution in [0.1, 0.15) is 17.0 Å². The Bertz CT molecular complexity index is 1470. The van der Waals surface area contributed by atoms with Crippen molar-refractivity contribution in [3.8, 4) is 23.3 Å². The summed E-state index contributed by atoms with van der Waals surface area (Å²) in [6.07, 6.45) is -3.18. The van der Waals surface area contributed by atoms with Crippen LogP contribution < -0.4 is 9.47 Å². The Labute approximate surface area is 196 Å². The van der Waals surface area contributed by atoms with E-state index in [4.69, 9.17) is 9.47 Å². The van der Waals surface area contributed by atoms with Crippen molar-refractivity contribution < 1.29 is 27.6 Å². The number of nitrogens with one attached hydrogen (secondary N) is 1. The minimum absolute atomic E-state index is 0.0368. The van der Waals surface area contributed by atoms with E-state index < -0.39 is 22.4 Å². The number of nitriles is 1. The molecule has 0 saturated carbocycles. The number of nitro groups is 1. The molecule has 0 aliphatic heterocycles. The number of alkyl halides is 3. The maximum absolute atomic E-state index is 13.0. The van der Waals surface area contributed by atoms with Gasteiger partial charge in [-0.2, -0.15) is 18.4 Å². The van der Waals surface area contributed by atoms with E-state index >= 15 is 0 Å². The molecule has 1 aromatic heterocycles. The summed E-state index contributed by atoms with van der Waals surface area (Å²) in [5.41, 5.74) is 0.232. The summed E-state index contributed by atoms with van der Waals surface area (Å²) in [6, 6.07) is 15.9. The first-order chi connectivity index (χ1) is 16.7. The van der Waals surface area contributed by atoms with Crippen LogP contribution in [0.5, 0.6) is 17.2 Å². The monoisotopic (exact) mass is 480 g/mol. The second-order valence-corrected chi connectivity index (χ2v) is 7.22. The van der Waals surface area contributed by atoms with Crippen molar-refractivity contribution >= 4 is 28.4 Å². The number of hydrogen-bond donors (Lipinski definition) is 1. The van der Waals surface area contributed by atoms with Gasteiger partial charge in [-0.1, -0.05) is 18.2 Å². The fourth-order valence-corrected chi connectivity index (χ4v) is 3.30. The largest absolute Gasteiger partial charge is 0.493 e. The van der Waals surface area contributed by atoms with Gasteiger partial charge in [0.2, 0.25) is 5.75 Å². The third-order valence-electron chi connectivity index (χ3n) is 4.97. The lowest BCUT2D eigenvalue weighted by atomic mass is 10.1. The van der Waals surface area contributed by atoms with Gasteiger partial charge in [-0.3, -0.25) is 10.1 Å². The topological polar surface area (TPSA) is 114 Å². The van der Waals surface area contributed by atoms with Crippen LogP contribution in [-0.4, -0.2) is 22.0 Å². The zero-order valence-corrected chi connectivity index (χ0v) is 18.0. The number of para-hydroxylation sites is 2. The molecule has 3 aromatic carbocycles. The second kappa shape index (κ2) is 9.18. The number of methoxy groups -OCH3 is 1. The maximum Gasteiger partial charge on any atom is 0.416 e. The molecule has 8 nitrogen and oxygen atoms in total. The number of imidazole rings is 1. The van der Waals surface area contributed by atoms with E-state index in [-0.39, 0.29) is 22.8 Å². The van der Waals surface area contributed by atoms with Crippen molar-refractivity contribution in [3.63, 3.8) is 0 Å². The Kier molecular flexibility index (Phi) is 6.12. The van der Waals surface area contributed by atoms with Crippen molar-refractivity contribution in [2.24, 2.45) is 0 Å². The quantitative estimate of drug-likeness (QED) is 0.195. The van der Waals surface area contributed by atoms with Crippen LogP contribution in [0.3, 0.4) is 0 Å². The number of nitrogens with zero attached hydrogens (tertiary/aromatic N) is 3. The molecule has 4 rings (SSSR count). The van der Waals surface area contributed by atoms with E-state index in [2.05, 4.69) is 16.0 Å². The molecule has 0 radical (unpaired) electrons. The van der Waals surface area contributed by atoms with Gasteiger partial charge in [-0.25, -0.2) is 4.98 Å². The molecule has 0 unspecified atom stereocenters. The van der Waals surface area contributed by atoms with E-state index in [0.717, 1.165) is 11.6 Å². The predicted molar refractivity (Wildman–Crippen MR) is 121 cm³/mol. The average Bonchev–Trinajstić information content (AvgIpc) is 3.26. The average molecular weight is 480 g/mol. The molecule has 1 heterocycles. The van der Waals surface area contributed by atoms with Crippen molar-refractivity contribution in [1.29, 1.82) is 5.26 Å². The van der Waals surface area contributed by atoms with Crippen molar-refractivity contribution in [1.82, 2.24) is 9.97 Å². The lowest BCUT2D eigenvalue weighted by molar-refractivity contribution is -0.385. The lowest BCUT2D eigenvalue weighted by Gasteiger charge is -2.13. The summed E-state index contributed by atoms with van der Waals surface area (Å²) in [4.78, 5) is 17.8. The highest BCUT2D eigenvalue weighted by molar-refractivity contribution is 5.90. The number of aromatic nitrogens is 2. The normalized spacial score (nSPS) is 11.8. The van der Waals surface area contributed by atoms with Gasteiger partial charge in [-0.05, 0) is 48.0 Å². The van der Waals surface area contributed by atoms with Gasteiger partial charge in [0.25, 0.3) is 0 Å². The molecular weight excluding hydrogens is 465 g/mol. The summed E-state index contributed by atoms with van der Waals surface area (Å²) in [7, 11) is 1.33. The minimum atomic E-state index is -4.74. The number of halogens is 3.